The number of aliphatic hydroxyl groups excluding tert-OH is 1. The molecule has 2 N–H and O–H groups in total. The van der Waals surface area contributed by atoms with E-state index in [1.54, 1.807) is 13.8 Å². The Morgan fingerprint density at radius 1 is 1.20 bits per heavy atom. The van der Waals surface area contributed by atoms with Crippen molar-refractivity contribution in [2.75, 3.05) is 0 Å². The third-order valence-electron chi connectivity index (χ3n) is 4.30. The summed E-state index contributed by atoms with van der Waals surface area (Å²) in [5.41, 5.74) is 0.375. The molecule has 112 valence electrons. The molecule has 0 radical (unpaired) electrons. The molecule has 0 saturated heterocycles. The maximum atomic E-state index is 12.6. The second kappa shape index (κ2) is 4.86. The Hall–Kier alpha value is -0.850. The highest BCUT2D eigenvalue weighted by molar-refractivity contribution is 7.89. The van der Waals surface area contributed by atoms with Crippen LogP contribution in [0, 0.1) is 25.7 Å². The molecular weight excluding hydrogens is 278 g/mol. The highest BCUT2D eigenvalue weighted by Crippen LogP contribution is 2.45. The monoisotopic (exact) mass is 299 g/mol. The Kier molecular flexibility index (Phi) is 3.43. The highest BCUT2D eigenvalue weighted by atomic mass is 32.2. The number of aliphatic hydroxyl groups is 1. The van der Waals surface area contributed by atoms with Gasteiger partial charge in [0.1, 0.15) is 16.4 Å². The molecule has 0 bridgehead atoms. The fourth-order valence-corrected chi connectivity index (χ4v) is 4.78. The van der Waals surface area contributed by atoms with Crippen LogP contribution in [0.25, 0.3) is 0 Å². The van der Waals surface area contributed by atoms with Gasteiger partial charge in [-0.15, -0.1) is 0 Å². The maximum Gasteiger partial charge on any atom is 0.244 e. The van der Waals surface area contributed by atoms with Crippen molar-refractivity contribution < 1.29 is 17.9 Å². The molecular formula is C14H21NO4S. The van der Waals surface area contributed by atoms with Gasteiger partial charge in [-0.25, -0.2) is 13.1 Å². The molecule has 1 aromatic rings. The van der Waals surface area contributed by atoms with Gasteiger partial charge in [0, 0.05) is 11.6 Å². The molecule has 0 aliphatic heterocycles. The zero-order valence-corrected chi connectivity index (χ0v) is 12.7. The first-order chi connectivity index (χ1) is 9.44. The summed E-state index contributed by atoms with van der Waals surface area (Å²) in [6, 6.07) is 0.0566. The Morgan fingerprint density at radius 3 is 2.20 bits per heavy atom. The summed E-state index contributed by atoms with van der Waals surface area (Å²) in [4.78, 5) is 0.129. The second-order valence-electron chi connectivity index (χ2n) is 6.00. The molecule has 1 heterocycles. The number of aryl methyl sites for hydroxylation is 2. The molecule has 1 aromatic heterocycles. The second-order valence-corrected chi connectivity index (χ2v) is 7.65. The summed E-state index contributed by atoms with van der Waals surface area (Å²) in [7, 11) is -3.63. The van der Waals surface area contributed by atoms with E-state index >= 15 is 0 Å². The summed E-state index contributed by atoms with van der Waals surface area (Å²) < 4.78 is 33.5. The third-order valence-corrected chi connectivity index (χ3v) is 5.96. The van der Waals surface area contributed by atoms with Gasteiger partial charge < -0.3 is 9.52 Å². The number of furan rings is 1. The van der Waals surface area contributed by atoms with Crippen LogP contribution in [-0.2, 0) is 16.6 Å². The van der Waals surface area contributed by atoms with Crippen molar-refractivity contribution >= 4 is 10.0 Å². The molecule has 0 amide bonds. The van der Waals surface area contributed by atoms with Crippen LogP contribution in [0.15, 0.2) is 9.31 Å². The van der Waals surface area contributed by atoms with Crippen molar-refractivity contribution in [3.8, 4) is 0 Å². The Bertz CT molecular complexity index is 599. The van der Waals surface area contributed by atoms with Gasteiger partial charge in [0.15, 0.2) is 0 Å². The van der Waals surface area contributed by atoms with Gasteiger partial charge in [0.25, 0.3) is 0 Å². The van der Waals surface area contributed by atoms with Gasteiger partial charge in [0.05, 0.1) is 6.61 Å². The first kappa shape index (κ1) is 14.1. The number of rotatable bonds is 6. The van der Waals surface area contributed by atoms with Crippen LogP contribution in [0.4, 0.5) is 0 Å². The average Bonchev–Trinajstić information content (AvgIpc) is 3.25. The van der Waals surface area contributed by atoms with Crippen LogP contribution in [0.2, 0.25) is 0 Å². The van der Waals surface area contributed by atoms with Gasteiger partial charge in [0.2, 0.25) is 10.0 Å². The Labute approximate surface area is 119 Å². The first-order valence-electron chi connectivity index (χ1n) is 7.16. The first-order valence-corrected chi connectivity index (χ1v) is 8.64. The Morgan fingerprint density at radius 2 is 1.75 bits per heavy atom. The van der Waals surface area contributed by atoms with E-state index in [1.165, 1.54) is 0 Å². The minimum absolute atomic E-state index is 0.0566. The van der Waals surface area contributed by atoms with Crippen LogP contribution >= 0.6 is 0 Å². The van der Waals surface area contributed by atoms with Crippen molar-refractivity contribution in [1.29, 1.82) is 0 Å². The smallest absolute Gasteiger partial charge is 0.244 e. The average molecular weight is 299 g/mol. The quantitative estimate of drug-likeness (QED) is 0.840. The van der Waals surface area contributed by atoms with Gasteiger partial charge in [-0.3, -0.25) is 0 Å². The molecule has 2 aliphatic rings. The largest absolute Gasteiger partial charge is 0.465 e. The van der Waals surface area contributed by atoms with Crippen LogP contribution in [-0.4, -0.2) is 19.6 Å². The van der Waals surface area contributed by atoms with Crippen molar-refractivity contribution in [2.45, 2.75) is 57.1 Å². The van der Waals surface area contributed by atoms with Gasteiger partial charge in [-0.2, -0.15) is 0 Å². The predicted octanol–water partition coefficient (Wildman–Crippen LogP) is 1.86. The van der Waals surface area contributed by atoms with E-state index in [1.807, 2.05) is 0 Å². The van der Waals surface area contributed by atoms with E-state index in [9.17, 15) is 13.5 Å². The summed E-state index contributed by atoms with van der Waals surface area (Å²) in [6.07, 6.45) is 4.44. The minimum Gasteiger partial charge on any atom is -0.465 e. The van der Waals surface area contributed by atoms with E-state index in [4.69, 9.17) is 4.42 Å². The topological polar surface area (TPSA) is 79.5 Å². The molecule has 0 aromatic carbocycles. The number of hydrogen-bond acceptors (Lipinski definition) is 4. The zero-order chi connectivity index (χ0) is 14.5. The molecule has 2 aliphatic carbocycles. The summed E-state index contributed by atoms with van der Waals surface area (Å²) in [6.45, 7) is 2.98. The lowest BCUT2D eigenvalue weighted by molar-refractivity contribution is 0.276. The standard InChI is InChI=1S/C14H21NO4S/c1-8-12(7-16)14(9(2)19-8)20(17,18)15-13(10-3-4-10)11-5-6-11/h10-11,13,15-16H,3-7H2,1-2H3. The van der Waals surface area contributed by atoms with Gasteiger partial charge in [-0.05, 0) is 51.4 Å². The zero-order valence-electron chi connectivity index (χ0n) is 11.8. The fraction of sp³-hybridized carbons (Fsp3) is 0.714. The van der Waals surface area contributed by atoms with Crippen LogP contribution in [0.1, 0.15) is 42.8 Å². The third kappa shape index (κ3) is 2.52. The molecule has 0 unspecified atom stereocenters. The molecule has 5 nitrogen and oxygen atoms in total. The van der Waals surface area contributed by atoms with Crippen molar-refractivity contribution in [1.82, 2.24) is 4.72 Å². The number of hydrogen-bond donors (Lipinski definition) is 2. The molecule has 2 fully saturated rings. The van der Waals surface area contributed by atoms with E-state index in [2.05, 4.69) is 4.72 Å². The maximum absolute atomic E-state index is 12.6. The minimum atomic E-state index is -3.63. The van der Waals surface area contributed by atoms with Crippen molar-refractivity contribution in [3.63, 3.8) is 0 Å². The molecule has 0 atom stereocenters. The SMILES string of the molecule is Cc1oc(C)c(S(=O)(=O)NC(C2CC2)C2CC2)c1CO. The summed E-state index contributed by atoms with van der Waals surface area (Å²) in [5, 5.41) is 9.40. The fourth-order valence-electron chi connectivity index (χ4n) is 2.97. The summed E-state index contributed by atoms with van der Waals surface area (Å²) in [5.74, 6) is 1.80. The van der Waals surface area contributed by atoms with Gasteiger partial charge in [-0.1, -0.05) is 0 Å². The number of nitrogens with one attached hydrogen (secondary N) is 1. The molecule has 0 spiro atoms. The predicted molar refractivity (Wildman–Crippen MR) is 73.7 cm³/mol. The molecule has 6 heteroatoms. The van der Waals surface area contributed by atoms with Crippen LogP contribution < -0.4 is 4.72 Å². The van der Waals surface area contributed by atoms with E-state index in [-0.39, 0.29) is 17.5 Å². The highest BCUT2D eigenvalue weighted by Gasteiger charge is 2.44. The lowest BCUT2D eigenvalue weighted by atomic mass is 10.1. The van der Waals surface area contributed by atoms with Crippen molar-refractivity contribution in [2.24, 2.45) is 11.8 Å². The van der Waals surface area contributed by atoms with Gasteiger partial charge >= 0.3 is 0 Å². The van der Waals surface area contributed by atoms with E-state index < -0.39 is 10.0 Å². The van der Waals surface area contributed by atoms with Crippen LogP contribution in [0.5, 0.6) is 0 Å². The van der Waals surface area contributed by atoms with Crippen molar-refractivity contribution in [3.05, 3.63) is 17.1 Å². The molecule has 3 rings (SSSR count). The Balaban J connectivity index is 1.91. The lowest BCUT2D eigenvalue weighted by Gasteiger charge is -2.18. The molecule has 20 heavy (non-hydrogen) atoms. The van der Waals surface area contributed by atoms with E-state index in [0.717, 1.165) is 25.7 Å². The number of sulfonamides is 1. The van der Waals surface area contributed by atoms with Crippen LogP contribution in [0.3, 0.4) is 0 Å². The molecule has 2 saturated carbocycles. The summed E-state index contributed by atoms with van der Waals surface area (Å²) >= 11 is 0. The van der Waals surface area contributed by atoms with E-state index in [0.29, 0.717) is 28.9 Å². The normalized spacial score (nSPS) is 19.8. The lowest BCUT2D eigenvalue weighted by Crippen LogP contribution is -2.38.